The Morgan fingerprint density at radius 2 is 1.96 bits per heavy atom. The van der Waals surface area contributed by atoms with E-state index in [1.165, 1.54) is 24.3 Å². The molecule has 1 amide bonds. The second-order valence-corrected chi connectivity index (χ2v) is 6.25. The summed E-state index contributed by atoms with van der Waals surface area (Å²) in [6.45, 7) is 4.32. The lowest BCUT2D eigenvalue weighted by Crippen LogP contribution is -2.33. The fourth-order valence-corrected chi connectivity index (χ4v) is 3.04. The minimum Gasteiger partial charge on any atom is -0.488 e. The predicted octanol–water partition coefficient (Wildman–Crippen LogP) is 2.48. The van der Waals surface area contributed by atoms with Crippen molar-refractivity contribution in [2.45, 2.75) is 38.9 Å². The molecule has 0 radical (unpaired) electrons. The highest BCUT2D eigenvalue weighted by molar-refractivity contribution is 5.96. The minimum absolute atomic E-state index is 0.147. The molecule has 134 valence electrons. The van der Waals surface area contributed by atoms with Crippen LogP contribution in [-0.4, -0.2) is 46.4 Å². The van der Waals surface area contributed by atoms with Crippen LogP contribution in [0.3, 0.4) is 0 Å². The van der Waals surface area contributed by atoms with Gasteiger partial charge in [0.25, 0.3) is 5.91 Å². The third kappa shape index (κ3) is 3.82. The number of hydrogen-bond donors (Lipinski definition) is 1. The summed E-state index contributed by atoms with van der Waals surface area (Å²) in [4.78, 5) is 14.4. The summed E-state index contributed by atoms with van der Waals surface area (Å²) in [6, 6.07) is 5.68. The summed E-state index contributed by atoms with van der Waals surface area (Å²) in [6.07, 6.45) is -0.269. The van der Waals surface area contributed by atoms with Gasteiger partial charge in [-0.25, -0.2) is 4.39 Å². The summed E-state index contributed by atoms with van der Waals surface area (Å²) in [5.41, 5.74) is 1.04. The number of carbonyl (C=O) groups excluding carboxylic acids is 1. The number of likely N-dealkylation sites (tertiary alicyclic amines) is 1. The lowest BCUT2D eigenvalue weighted by Gasteiger charge is -2.21. The van der Waals surface area contributed by atoms with Crippen molar-refractivity contribution in [3.63, 3.8) is 0 Å². The van der Waals surface area contributed by atoms with Gasteiger partial charge in [0.1, 0.15) is 29.0 Å². The zero-order valence-corrected chi connectivity index (χ0v) is 14.2. The van der Waals surface area contributed by atoms with E-state index in [0.717, 1.165) is 0 Å². The topological polar surface area (TPSA) is 75.8 Å². The van der Waals surface area contributed by atoms with Crippen LogP contribution in [0.15, 0.2) is 28.8 Å². The molecule has 2 aromatic rings. The number of amides is 1. The first-order valence-corrected chi connectivity index (χ1v) is 8.28. The second-order valence-electron chi connectivity index (χ2n) is 6.25. The molecule has 1 aromatic carbocycles. The van der Waals surface area contributed by atoms with Crippen LogP contribution in [-0.2, 0) is 0 Å². The van der Waals surface area contributed by atoms with Crippen molar-refractivity contribution in [3.05, 3.63) is 47.1 Å². The molecule has 2 heterocycles. The molecule has 2 atom stereocenters. The van der Waals surface area contributed by atoms with E-state index in [1.54, 1.807) is 18.7 Å². The fraction of sp³-hybridized carbons (Fsp3) is 0.444. The Labute approximate surface area is 145 Å². The molecular weight excluding hydrogens is 327 g/mol. The van der Waals surface area contributed by atoms with Gasteiger partial charge in [0.2, 0.25) is 0 Å². The van der Waals surface area contributed by atoms with Crippen LogP contribution in [0.4, 0.5) is 4.39 Å². The van der Waals surface area contributed by atoms with E-state index in [1.807, 2.05) is 0 Å². The smallest absolute Gasteiger partial charge is 0.259 e. The number of aryl methyl sites for hydroxylation is 2. The predicted molar refractivity (Wildman–Crippen MR) is 87.9 cm³/mol. The maximum atomic E-state index is 13.0. The molecule has 3 rings (SSSR count). The van der Waals surface area contributed by atoms with Crippen LogP contribution < -0.4 is 4.74 Å². The van der Waals surface area contributed by atoms with Crippen molar-refractivity contribution in [1.82, 2.24) is 10.1 Å². The maximum absolute atomic E-state index is 13.0. The van der Waals surface area contributed by atoms with Crippen molar-refractivity contribution in [2.24, 2.45) is 0 Å². The van der Waals surface area contributed by atoms with Gasteiger partial charge in [0.15, 0.2) is 0 Å². The van der Waals surface area contributed by atoms with Crippen LogP contribution in [0.2, 0.25) is 0 Å². The highest BCUT2D eigenvalue weighted by Crippen LogP contribution is 2.22. The highest BCUT2D eigenvalue weighted by Gasteiger charge is 2.30. The van der Waals surface area contributed by atoms with Crippen LogP contribution in [0.25, 0.3) is 0 Å². The number of halogens is 1. The number of aliphatic hydroxyl groups is 1. The molecule has 0 bridgehead atoms. The summed E-state index contributed by atoms with van der Waals surface area (Å²) in [5, 5.41) is 14.2. The number of nitrogens with zero attached hydrogens (tertiary/aromatic N) is 2. The molecule has 0 saturated carbocycles. The van der Waals surface area contributed by atoms with Gasteiger partial charge >= 0.3 is 0 Å². The van der Waals surface area contributed by atoms with E-state index in [-0.39, 0.29) is 11.7 Å². The SMILES string of the molecule is Cc1noc(C)c1C(=O)N1CC[C@H](Oc2ccc(F)cc2)[C@@H](O)CC1. The standard InChI is InChI=1S/C18H21FN2O4/c1-11-17(12(2)25-20-11)18(23)21-9-7-15(22)16(8-10-21)24-14-5-3-13(19)4-6-14/h3-6,15-16,22H,7-10H2,1-2H3/t15-,16-/m0/s1. The lowest BCUT2D eigenvalue weighted by molar-refractivity contribution is 0.0349. The van der Waals surface area contributed by atoms with Gasteiger partial charge in [0, 0.05) is 19.5 Å². The first-order chi connectivity index (χ1) is 12.0. The van der Waals surface area contributed by atoms with E-state index >= 15 is 0 Å². The highest BCUT2D eigenvalue weighted by atomic mass is 19.1. The van der Waals surface area contributed by atoms with Gasteiger partial charge in [-0.05, 0) is 44.5 Å². The Bertz CT molecular complexity index is 725. The molecule has 0 spiro atoms. The van der Waals surface area contributed by atoms with E-state index in [4.69, 9.17) is 9.26 Å². The van der Waals surface area contributed by atoms with Gasteiger partial charge in [-0.2, -0.15) is 0 Å². The molecule has 0 unspecified atom stereocenters. The molecule has 7 heteroatoms. The lowest BCUT2D eigenvalue weighted by atomic mass is 10.1. The Kier molecular flexibility index (Phi) is 5.03. The van der Waals surface area contributed by atoms with Crippen molar-refractivity contribution in [3.8, 4) is 5.75 Å². The number of ether oxygens (including phenoxy) is 1. The Balaban J connectivity index is 1.68. The molecule has 1 fully saturated rings. The van der Waals surface area contributed by atoms with E-state index in [9.17, 15) is 14.3 Å². The second kappa shape index (κ2) is 7.23. The van der Waals surface area contributed by atoms with Gasteiger partial charge in [-0.3, -0.25) is 4.79 Å². The summed E-state index contributed by atoms with van der Waals surface area (Å²) >= 11 is 0. The van der Waals surface area contributed by atoms with E-state index in [0.29, 0.717) is 48.7 Å². The summed E-state index contributed by atoms with van der Waals surface area (Å²) in [5.74, 6) is 0.498. The van der Waals surface area contributed by atoms with Gasteiger partial charge in [-0.15, -0.1) is 0 Å². The van der Waals surface area contributed by atoms with Gasteiger partial charge < -0.3 is 19.3 Å². The van der Waals surface area contributed by atoms with Crippen LogP contribution in [0.5, 0.6) is 5.75 Å². The van der Waals surface area contributed by atoms with Crippen molar-refractivity contribution in [2.75, 3.05) is 13.1 Å². The Morgan fingerprint density at radius 1 is 1.28 bits per heavy atom. The largest absolute Gasteiger partial charge is 0.488 e. The Morgan fingerprint density at radius 3 is 2.60 bits per heavy atom. The average molecular weight is 348 g/mol. The van der Waals surface area contributed by atoms with Crippen molar-refractivity contribution >= 4 is 5.91 Å². The minimum atomic E-state index is -0.701. The fourth-order valence-electron chi connectivity index (χ4n) is 3.04. The maximum Gasteiger partial charge on any atom is 0.259 e. The molecule has 1 saturated heterocycles. The number of benzene rings is 1. The molecular formula is C18H21FN2O4. The first kappa shape index (κ1) is 17.4. The van der Waals surface area contributed by atoms with Crippen LogP contribution in [0.1, 0.15) is 34.7 Å². The Hall–Kier alpha value is -2.41. The average Bonchev–Trinajstić information content (AvgIpc) is 2.81. The number of aliphatic hydroxyl groups excluding tert-OH is 1. The molecule has 6 nitrogen and oxygen atoms in total. The van der Waals surface area contributed by atoms with Gasteiger partial charge in [-0.1, -0.05) is 5.16 Å². The van der Waals surface area contributed by atoms with Crippen LogP contribution >= 0.6 is 0 Å². The molecule has 0 aliphatic carbocycles. The molecule has 1 N–H and O–H groups in total. The number of aromatic nitrogens is 1. The normalized spacial score (nSPS) is 21.0. The summed E-state index contributed by atoms with van der Waals surface area (Å²) in [7, 11) is 0. The molecule has 1 aromatic heterocycles. The van der Waals surface area contributed by atoms with E-state index in [2.05, 4.69) is 5.16 Å². The zero-order valence-electron chi connectivity index (χ0n) is 14.2. The molecule has 1 aliphatic rings. The number of hydrogen-bond acceptors (Lipinski definition) is 5. The number of carbonyl (C=O) groups is 1. The number of rotatable bonds is 3. The van der Waals surface area contributed by atoms with Crippen LogP contribution in [0, 0.1) is 19.7 Å². The van der Waals surface area contributed by atoms with Crippen molar-refractivity contribution < 1.29 is 23.6 Å². The quantitative estimate of drug-likeness (QED) is 0.922. The summed E-state index contributed by atoms with van der Waals surface area (Å²) < 4.78 is 23.8. The van der Waals surface area contributed by atoms with Gasteiger partial charge in [0.05, 0.1) is 11.8 Å². The van der Waals surface area contributed by atoms with E-state index < -0.39 is 12.2 Å². The zero-order chi connectivity index (χ0) is 18.0. The third-order valence-corrected chi connectivity index (χ3v) is 4.44. The molecule has 25 heavy (non-hydrogen) atoms. The van der Waals surface area contributed by atoms with Crippen molar-refractivity contribution in [1.29, 1.82) is 0 Å². The molecule has 1 aliphatic heterocycles. The monoisotopic (exact) mass is 348 g/mol. The third-order valence-electron chi connectivity index (χ3n) is 4.44. The first-order valence-electron chi connectivity index (χ1n) is 8.28.